The average molecular weight is 291 g/mol. The Hall–Kier alpha value is -0.890. The van der Waals surface area contributed by atoms with E-state index in [0.29, 0.717) is 11.5 Å². The Bertz CT molecular complexity index is 459. The lowest BCUT2D eigenvalue weighted by Gasteiger charge is -2.39. The minimum absolute atomic E-state index is 0.0947. The molecule has 1 N–H and O–H groups in total. The maximum Gasteiger partial charge on any atom is 0.126 e. The molecule has 0 saturated heterocycles. The average Bonchev–Trinajstić information content (AvgIpc) is 2.49. The highest BCUT2D eigenvalue weighted by Crippen LogP contribution is 2.40. The van der Waals surface area contributed by atoms with Crippen molar-refractivity contribution in [1.82, 2.24) is 5.32 Å². The van der Waals surface area contributed by atoms with Gasteiger partial charge in [0.2, 0.25) is 0 Å². The first kappa shape index (κ1) is 16.5. The van der Waals surface area contributed by atoms with Gasteiger partial charge in [0.15, 0.2) is 0 Å². The van der Waals surface area contributed by atoms with E-state index in [-0.39, 0.29) is 5.82 Å². The zero-order valence-electron chi connectivity index (χ0n) is 14.0. The molecule has 1 aliphatic carbocycles. The van der Waals surface area contributed by atoms with Gasteiger partial charge < -0.3 is 5.32 Å². The lowest BCUT2D eigenvalue weighted by Crippen LogP contribution is -2.36. The fourth-order valence-corrected chi connectivity index (χ4v) is 3.38. The summed E-state index contributed by atoms with van der Waals surface area (Å²) in [6.45, 7) is 9.70. The summed E-state index contributed by atoms with van der Waals surface area (Å²) in [5, 5.41) is 3.61. The van der Waals surface area contributed by atoms with Gasteiger partial charge in [-0.2, -0.15) is 0 Å². The minimum atomic E-state index is -0.0947. The highest BCUT2D eigenvalue weighted by molar-refractivity contribution is 5.23. The molecular formula is C19H30FN. The van der Waals surface area contributed by atoms with Crippen LogP contribution in [0.5, 0.6) is 0 Å². The number of hydrogen-bond acceptors (Lipinski definition) is 1. The molecule has 2 rings (SSSR count). The van der Waals surface area contributed by atoms with Crippen molar-refractivity contribution >= 4 is 0 Å². The van der Waals surface area contributed by atoms with Gasteiger partial charge in [-0.15, -0.1) is 0 Å². The summed E-state index contributed by atoms with van der Waals surface area (Å²) >= 11 is 0. The second kappa shape index (κ2) is 6.91. The first-order valence-corrected chi connectivity index (χ1v) is 8.41. The Labute approximate surface area is 129 Å². The molecule has 0 heterocycles. The third-order valence-corrected chi connectivity index (χ3v) is 5.57. The molecule has 0 atom stereocenters. The van der Waals surface area contributed by atoms with E-state index < -0.39 is 0 Å². The zero-order valence-corrected chi connectivity index (χ0v) is 14.0. The van der Waals surface area contributed by atoms with Gasteiger partial charge in [0, 0.05) is 12.6 Å². The molecule has 0 aliphatic heterocycles. The predicted molar refractivity (Wildman–Crippen MR) is 87.8 cm³/mol. The van der Waals surface area contributed by atoms with Gasteiger partial charge in [-0.25, -0.2) is 4.39 Å². The Kier molecular flexibility index (Phi) is 5.43. The summed E-state index contributed by atoms with van der Waals surface area (Å²) in [6.07, 6.45) is 6.41. The van der Waals surface area contributed by atoms with Crippen molar-refractivity contribution in [1.29, 1.82) is 0 Å². The first-order chi connectivity index (χ1) is 9.92. The van der Waals surface area contributed by atoms with Gasteiger partial charge in [-0.05, 0) is 61.1 Å². The van der Waals surface area contributed by atoms with Crippen LogP contribution >= 0.6 is 0 Å². The summed E-state index contributed by atoms with van der Waals surface area (Å²) in [5.74, 6) is 0.764. The monoisotopic (exact) mass is 291 g/mol. The smallest absolute Gasteiger partial charge is 0.126 e. The summed E-state index contributed by atoms with van der Waals surface area (Å²) in [6, 6.07) is 6.15. The van der Waals surface area contributed by atoms with Crippen molar-refractivity contribution in [3.63, 3.8) is 0 Å². The van der Waals surface area contributed by atoms with E-state index in [1.54, 1.807) is 6.07 Å². The summed E-state index contributed by atoms with van der Waals surface area (Å²) < 4.78 is 13.5. The molecule has 0 aromatic heterocycles. The van der Waals surface area contributed by atoms with Crippen LogP contribution in [0.1, 0.15) is 64.0 Å². The third-order valence-electron chi connectivity index (χ3n) is 5.57. The molecule has 1 nitrogen and oxygen atoms in total. The van der Waals surface area contributed by atoms with Crippen LogP contribution in [0.4, 0.5) is 4.39 Å². The van der Waals surface area contributed by atoms with E-state index in [4.69, 9.17) is 0 Å². The number of benzene rings is 1. The highest BCUT2D eigenvalue weighted by Gasteiger charge is 2.31. The van der Waals surface area contributed by atoms with E-state index in [0.717, 1.165) is 23.6 Å². The predicted octanol–water partition coefficient (Wildman–Crippen LogP) is 5.22. The largest absolute Gasteiger partial charge is 0.310 e. The van der Waals surface area contributed by atoms with Crippen LogP contribution in [0.3, 0.4) is 0 Å². The Morgan fingerprint density at radius 2 is 1.86 bits per heavy atom. The van der Waals surface area contributed by atoms with Crippen molar-refractivity contribution in [2.24, 2.45) is 11.3 Å². The molecule has 21 heavy (non-hydrogen) atoms. The molecule has 0 spiro atoms. The maximum absolute atomic E-state index is 13.5. The van der Waals surface area contributed by atoms with Gasteiger partial charge in [0.1, 0.15) is 5.82 Å². The Morgan fingerprint density at radius 1 is 1.19 bits per heavy atom. The number of nitrogens with one attached hydrogen (secondary N) is 1. The van der Waals surface area contributed by atoms with E-state index in [2.05, 4.69) is 26.1 Å². The van der Waals surface area contributed by atoms with Gasteiger partial charge in [-0.1, -0.05) is 39.3 Å². The first-order valence-electron chi connectivity index (χ1n) is 8.41. The Morgan fingerprint density at radius 3 is 2.43 bits per heavy atom. The lowest BCUT2D eigenvalue weighted by atomic mass is 9.69. The number of hydrogen-bond donors (Lipinski definition) is 1. The van der Waals surface area contributed by atoms with Crippen LogP contribution < -0.4 is 5.32 Å². The summed E-state index contributed by atoms with van der Waals surface area (Å²) in [4.78, 5) is 0. The molecule has 1 aromatic rings. The molecule has 118 valence electrons. The van der Waals surface area contributed by atoms with Crippen molar-refractivity contribution in [2.45, 2.75) is 72.4 Å². The van der Waals surface area contributed by atoms with Gasteiger partial charge >= 0.3 is 0 Å². The second-order valence-electron chi connectivity index (χ2n) is 7.36. The van der Waals surface area contributed by atoms with Crippen molar-refractivity contribution in [2.75, 3.05) is 0 Å². The molecule has 0 amide bonds. The molecule has 1 fully saturated rings. The van der Waals surface area contributed by atoms with Gasteiger partial charge in [0.25, 0.3) is 0 Å². The van der Waals surface area contributed by atoms with E-state index >= 15 is 0 Å². The number of rotatable bonds is 5. The topological polar surface area (TPSA) is 12.0 Å². The van der Waals surface area contributed by atoms with Crippen LogP contribution in [0.2, 0.25) is 0 Å². The molecule has 0 unspecified atom stereocenters. The molecule has 1 aliphatic rings. The standard InChI is InChI=1S/C19H30FN/c1-5-19(3,4)16-8-10-17(11-9-16)21-13-15-7-6-14(2)18(20)12-15/h6-7,12,16-17,21H,5,8-11,13H2,1-4H3. The summed E-state index contributed by atoms with van der Waals surface area (Å²) in [7, 11) is 0. The SMILES string of the molecule is CCC(C)(C)C1CCC(NCc2ccc(C)c(F)c2)CC1. The molecule has 0 radical (unpaired) electrons. The van der Waals surface area contributed by atoms with Crippen molar-refractivity contribution in [3.8, 4) is 0 Å². The molecular weight excluding hydrogens is 261 g/mol. The molecule has 1 aromatic carbocycles. The maximum atomic E-state index is 13.5. The highest BCUT2D eigenvalue weighted by atomic mass is 19.1. The van der Waals surface area contributed by atoms with Crippen LogP contribution in [-0.2, 0) is 6.54 Å². The van der Waals surface area contributed by atoms with E-state index in [1.807, 2.05) is 19.1 Å². The second-order valence-corrected chi connectivity index (χ2v) is 7.36. The number of halogens is 1. The van der Waals surface area contributed by atoms with Gasteiger partial charge in [-0.3, -0.25) is 0 Å². The summed E-state index contributed by atoms with van der Waals surface area (Å²) in [5.41, 5.74) is 2.25. The fraction of sp³-hybridized carbons (Fsp3) is 0.684. The Balaban J connectivity index is 1.80. The molecule has 2 heteroatoms. The van der Waals surface area contributed by atoms with Crippen molar-refractivity contribution < 1.29 is 4.39 Å². The lowest BCUT2D eigenvalue weighted by molar-refractivity contribution is 0.137. The van der Waals surface area contributed by atoms with Crippen LogP contribution in [-0.4, -0.2) is 6.04 Å². The quantitative estimate of drug-likeness (QED) is 0.784. The van der Waals surface area contributed by atoms with Crippen LogP contribution in [0, 0.1) is 24.1 Å². The van der Waals surface area contributed by atoms with Crippen molar-refractivity contribution in [3.05, 3.63) is 35.1 Å². The van der Waals surface area contributed by atoms with Crippen LogP contribution in [0.25, 0.3) is 0 Å². The number of aryl methyl sites for hydroxylation is 1. The normalized spacial score (nSPS) is 23.3. The van der Waals surface area contributed by atoms with E-state index in [1.165, 1.54) is 32.1 Å². The minimum Gasteiger partial charge on any atom is -0.310 e. The third kappa shape index (κ3) is 4.29. The zero-order chi connectivity index (χ0) is 15.5. The van der Waals surface area contributed by atoms with E-state index in [9.17, 15) is 4.39 Å². The molecule has 0 bridgehead atoms. The van der Waals surface area contributed by atoms with Gasteiger partial charge in [0.05, 0.1) is 0 Å². The fourth-order valence-electron chi connectivity index (χ4n) is 3.38. The van der Waals surface area contributed by atoms with Crippen LogP contribution in [0.15, 0.2) is 18.2 Å². The molecule has 1 saturated carbocycles.